The van der Waals surface area contributed by atoms with Crippen LogP contribution in [0.15, 0.2) is 0 Å². The van der Waals surface area contributed by atoms with Crippen molar-refractivity contribution >= 4 is 7.28 Å². The minimum atomic E-state index is 0.399. The van der Waals surface area contributed by atoms with E-state index >= 15 is 0 Å². The van der Waals surface area contributed by atoms with Crippen molar-refractivity contribution in [1.29, 1.82) is 0 Å². The summed E-state index contributed by atoms with van der Waals surface area (Å²) in [4.78, 5) is 2.89. The number of hydrogen-bond donors (Lipinski definition) is 0. The van der Waals surface area contributed by atoms with Crippen molar-refractivity contribution in [1.82, 2.24) is 4.90 Å². The van der Waals surface area contributed by atoms with Crippen molar-refractivity contribution in [3.05, 3.63) is 0 Å². The quantitative estimate of drug-likeness (QED) is 0.694. The lowest BCUT2D eigenvalue weighted by molar-refractivity contribution is -0.141. The van der Waals surface area contributed by atoms with E-state index in [2.05, 4.69) is 39.9 Å². The minimum absolute atomic E-state index is 0.399. The molecule has 4 unspecified atom stereocenters. The van der Waals surface area contributed by atoms with Crippen molar-refractivity contribution in [2.45, 2.75) is 101 Å². The predicted octanol–water partition coefficient (Wildman–Crippen LogP) is 4.53. The van der Waals surface area contributed by atoms with Crippen molar-refractivity contribution in [3.63, 3.8) is 0 Å². The monoisotopic (exact) mass is 316 g/mol. The molecule has 4 saturated heterocycles. The van der Waals surface area contributed by atoms with Gasteiger partial charge in [0.2, 0.25) is 0 Å². The molecule has 1 radical (unpaired) electrons. The van der Waals surface area contributed by atoms with E-state index in [0.717, 1.165) is 36.9 Å². The molecule has 4 atom stereocenters. The van der Waals surface area contributed by atoms with E-state index in [1.807, 2.05) is 0 Å². The Labute approximate surface area is 144 Å². The first-order chi connectivity index (χ1) is 11.0. The lowest BCUT2D eigenvalue weighted by atomic mass is 9.27. The molecule has 0 amide bonds. The van der Waals surface area contributed by atoms with E-state index in [9.17, 15) is 0 Å². The van der Waals surface area contributed by atoms with Crippen molar-refractivity contribution in [3.8, 4) is 0 Å². The SMILES string of the molecule is CC(C)N1C2CCCCC3(C(C)C)[B]C(CC2CC12COC2)C3. The number of hydrogen-bond acceptors (Lipinski definition) is 2. The van der Waals surface area contributed by atoms with Crippen molar-refractivity contribution in [2.24, 2.45) is 11.8 Å². The van der Waals surface area contributed by atoms with Crippen molar-refractivity contribution in [2.75, 3.05) is 13.2 Å². The summed E-state index contributed by atoms with van der Waals surface area (Å²) in [6.45, 7) is 11.7. The van der Waals surface area contributed by atoms with Gasteiger partial charge in [0.05, 0.1) is 18.8 Å². The number of fused-ring (bicyclic) bond motifs is 3. The zero-order valence-electron chi connectivity index (χ0n) is 15.7. The number of likely N-dealkylation sites (tertiary alicyclic amines) is 1. The van der Waals surface area contributed by atoms with E-state index in [1.54, 1.807) is 0 Å². The van der Waals surface area contributed by atoms with Crippen LogP contribution >= 0.6 is 0 Å². The fourth-order valence-corrected chi connectivity index (χ4v) is 6.63. The van der Waals surface area contributed by atoms with Gasteiger partial charge in [-0.15, -0.1) is 0 Å². The highest BCUT2D eigenvalue weighted by Gasteiger charge is 2.57. The number of rotatable bonds is 2. The smallest absolute Gasteiger partial charge is 0.122 e. The van der Waals surface area contributed by atoms with Crippen LogP contribution in [0.2, 0.25) is 11.1 Å². The van der Waals surface area contributed by atoms with Crippen LogP contribution in [0.3, 0.4) is 0 Å². The fourth-order valence-electron chi connectivity index (χ4n) is 6.63. The van der Waals surface area contributed by atoms with Gasteiger partial charge < -0.3 is 4.74 Å². The molecule has 23 heavy (non-hydrogen) atoms. The fraction of sp³-hybridized carbons (Fsp3) is 1.00. The van der Waals surface area contributed by atoms with Crippen LogP contribution in [0.5, 0.6) is 0 Å². The number of nitrogens with zero attached hydrogens (tertiary/aromatic N) is 1. The Morgan fingerprint density at radius 3 is 2.39 bits per heavy atom. The molecule has 0 aromatic heterocycles. The molecule has 129 valence electrons. The maximum Gasteiger partial charge on any atom is 0.122 e. The maximum absolute atomic E-state index is 5.69. The lowest BCUT2D eigenvalue weighted by Crippen LogP contribution is -2.62. The molecule has 4 heterocycles. The molecule has 1 spiro atoms. The summed E-state index contributed by atoms with van der Waals surface area (Å²) in [5, 5.41) is 0.588. The van der Waals surface area contributed by atoms with Crippen LogP contribution in [0.4, 0.5) is 0 Å². The Bertz CT molecular complexity index is 439. The molecule has 4 aliphatic heterocycles. The normalized spacial score (nSPS) is 43.0. The summed E-state index contributed by atoms with van der Waals surface area (Å²) in [7, 11) is 2.78. The van der Waals surface area contributed by atoms with E-state index < -0.39 is 0 Å². The second kappa shape index (κ2) is 5.76. The molecular weight excluding hydrogens is 281 g/mol. The molecule has 5 aliphatic rings. The summed E-state index contributed by atoms with van der Waals surface area (Å²) in [6, 6.07) is 1.48. The zero-order valence-corrected chi connectivity index (χ0v) is 15.7. The van der Waals surface area contributed by atoms with Gasteiger partial charge in [0.15, 0.2) is 0 Å². The van der Waals surface area contributed by atoms with Crippen LogP contribution in [-0.4, -0.2) is 43.0 Å². The van der Waals surface area contributed by atoms with Gasteiger partial charge in [0.25, 0.3) is 0 Å². The minimum Gasteiger partial charge on any atom is -0.377 e. The molecule has 2 bridgehead atoms. The third-order valence-corrected chi connectivity index (χ3v) is 7.75. The lowest BCUT2D eigenvalue weighted by Gasteiger charge is -2.53. The maximum atomic E-state index is 5.69. The summed E-state index contributed by atoms with van der Waals surface area (Å²) in [6.07, 6.45) is 10.0. The van der Waals surface area contributed by atoms with E-state index in [0.29, 0.717) is 16.9 Å². The molecule has 0 N–H and O–H groups in total. The molecule has 1 aliphatic carbocycles. The summed E-state index contributed by atoms with van der Waals surface area (Å²) < 4.78 is 5.69. The highest BCUT2D eigenvalue weighted by atomic mass is 16.5. The predicted molar refractivity (Wildman–Crippen MR) is 97.2 cm³/mol. The average molecular weight is 316 g/mol. The van der Waals surface area contributed by atoms with Crippen LogP contribution in [-0.2, 0) is 4.74 Å². The second-order valence-electron chi connectivity index (χ2n) is 9.75. The van der Waals surface area contributed by atoms with Crippen LogP contribution in [0, 0.1) is 11.8 Å². The molecule has 3 heteroatoms. The van der Waals surface area contributed by atoms with Gasteiger partial charge in [-0.3, -0.25) is 4.90 Å². The summed E-state index contributed by atoms with van der Waals surface area (Å²) in [5.74, 6) is 2.63. The Morgan fingerprint density at radius 2 is 1.83 bits per heavy atom. The van der Waals surface area contributed by atoms with Gasteiger partial charge in [0.1, 0.15) is 7.28 Å². The highest BCUT2D eigenvalue weighted by Crippen LogP contribution is 2.61. The Kier molecular flexibility index (Phi) is 4.12. The van der Waals surface area contributed by atoms with Gasteiger partial charge in [-0.2, -0.15) is 0 Å². The van der Waals surface area contributed by atoms with E-state index in [1.165, 1.54) is 44.9 Å². The second-order valence-corrected chi connectivity index (χ2v) is 9.75. The zero-order chi connectivity index (χ0) is 16.2. The van der Waals surface area contributed by atoms with Crippen molar-refractivity contribution < 1.29 is 4.74 Å². The van der Waals surface area contributed by atoms with Gasteiger partial charge in [-0.25, -0.2) is 0 Å². The molecular formula is C20H35BNO. The van der Waals surface area contributed by atoms with Crippen LogP contribution in [0.25, 0.3) is 0 Å². The molecule has 1 saturated carbocycles. The van der Waals surface area contributed by atoms with Gasteiger partial charge in [0, 0.05) is 12.1 Å². The van der Waals surface area contributed by atoms with E-state index in [-0.39, 0.29) is 0 Å². The van der Waals surface area contributed by atoms with Gasteiger partial charge in [-0.1, -0.05) is 57.1 Å². The third-order valence-electron chi connectivity index (χ3n) is 7.75. The van der Waals surface area contributed by atoms with Crippen LogP contribution < -0.4 is 0 Å². The standard InChI is InChI=1S/C20H35BNO/c1-14(2)20-8-6-5-7-18-16(9-17(11-20)21-20)10-19(12-23-13-19)22(18)15(3)4/h14-18H,5-13H2,1-4H3. The largest absolute Gasteiger partial charge is 0.377 e. The Morgan fingerprint density at radius 1 is 1.09 bits per heavy atom. The van der Waals surface area contributed by atoms with Crippen LogP contribution in [0.1, 0.15) is 72.6 Å². The summed E-state index contributed by atoms with van der Waals surface area (Å²) in [5.41, 5.74) is 0.399. The topological polar surface area (TPSA) is 12.5 Å². The Balaban J connectivity index is 1.53. The highest BCUT2D eigenvalue weighted by molar-refractivity contribution is 6.46. The molecule has 5 fully saturated rings. The molecule has 2 nitrogen and oxygen atoms in total. The number of ether oxygens (including phenoxy) is 1. The molecule has 5 rings (SSSR count). The molecule has 0 aromatic carbocycles. The summed E-state index contributed by atoms with van der Waals surface area (Å²) >= 11 is 0. The Hall–Kier alpha value is -0.0151. The van der Waals surface area contributed by atoms with Gasteiger partial charge in [-0.05, 0) is 38.5 Å². The first kappa shape index (κ1) is 16.5. The third kappa shape index (κ3) is 2.52. The first-order valence-electron chi connectivity index (χ1n) is 10.2. The first-order valence-corrected chi connectivity index (χ1v) is 10.2. The average Bonchev–Trinajstić information content (AvgIpc) is 2.75. The van der Waals surface area contributed by atoms with Gasteiger partial charge >= 0.3 is 0 Å². The molecule has 0 aromatic rings. The van der Waals surface area contributed by atoms with E-state index in [4.69, 9.17) is 4.74 Å².